The molecular weight excluding hydrogens is 313 g/mol. The number of hydrogen-bond acceptors (Lipinski definition) is 4. The minimum absolute atomic E-state index is 0.0215. The topological polar surface area (TPSA) is 77.4 Å². The van der Waals surface area contributed by atoms with Gasteiger partial charge in [-0.05, 0) is 12.5 Å². The third-order valence-electron chi connectivity index (χ3n) is 2.61. The fraction of sp³-hybridized carbons (Fsp3) is 0.545. The number of nitrogens with zero attached hydrogens (tertiary/aromatic N) is 1. The summed E-state index contributed by atoms with van der Waals surface area (Å²) < 4.78 is 67.4. The molecule has 0 aromatic carbocycles. The van der Waals surface area contributed by atoms with Crippen molar-refractivity contribution in [2.24, 2.45) is 7.05 Å². The van der Waals surface area contributed by atoms with E-state index in [4.69, 9.17) is 0 Å². The van der Waals surface area contributed by atoms with Crippen molar-refractivity contribution >= 4 is 16.0 Å². The molecule has 0 aliphatic rings. The molecular formula is C11H15F3N2O4S. The van der Waals surface area contributed by atoms with E-state index >= 15 is 0 Å². The van der Waals surface area contributed by atoms with Crippen LogP contribution in [-0.2, 0) is 21.8 Å². The van der Waals surface area contributed by atoms with Crippen LogP contribution >= 0.6 is 0 Å². The standard InChI is InChI=1S/C11H15F3N2O4S/c1-16-7-8(6-9(16)10(17)20-2)21(18,19)15-5-3-4-11(12,13)14/h6-7,15H,3-5H2,1-2H3. The van der Waals surface area contributed by atoms with Crippen molar-refractivity contribution in [1.29, 1.82) is 0 Å². The molecule has 0 saturated heterocycles. The summed E-state index contributed by atoms with van der Waals surface area (Å²) in [7, 11) is -1.36. The van der Waals surface area contributed by atoms with Gasteiger partial charge in [-0.2, -0.15) is 13.2 Å². The third kappa shape index (κ3) is 5.05. The average Bonchev–Trinajstić information content (AvgIpc) is 2.76. The Morgan fingerprint density at radius 3 is 2.57 bits per heavy atom. The zero-order valence-corrected chi connectivity index (χ0v) is 12.2. The average molecular weight is 328 g/mol. The molecule has 0 spiro atoms. The van der Waals surface area contributed by atoms with E-state index in [-0.39, 0.29) is 23.6 Å². The van der Waals surface area contributed by atoms with Crippen molar-refractivity contribution in [2.45, 2.75) is 23.9 Å². The van der Waals surface area contributed by atoms with Crippen molar-refractivity contribution in [3.8, 4) is 0 Å². The van der Waals surface area contributed by atoms with Crippen LogP contribution in [0.3, 0.4) is 0 Å². The van der Waals surface area contributed by atoms with Gasteiger partial charge in [-0.15, -0.1) is 0 Å². The summed E-state index contributed by atoms with van der Waals surface area (Å²) in [4.78, 5) is 11.2. The Morgan fingerprint density at radius 2 is 2.05 bits per heavy atom. The van der Waals surface area contributed by atoms with Gasteiger partial charge in [0.25, 0.3) is 0 Å². The molecule has 0 aliphatic heterocycles. The highest BCUT2D eigenvalue weighted by atomic mass is 32.2. The molecule has 0 saturated carbocycles. The Morgan fingerprint density at radius 1 is 1.43 bits per heavy atom. The number of aryl methyl sites for hydroxylation is 1. The number of hydrogen-bond donors (Lipinski definition) is 1. The van der Waals surface area contributed by atoms with E-state index in [0.717, 1.165) is 13.2 Å². The number of ether oxygens (including phenoxy) is 1. The molecule has 0 amide bonds. The minimum Gasteiger partial charge on any atom is -0.464 e. The van der Waals surface area contributed by atoms with Gasteiger partial charge in [0.2, 0.25) is 10.0 Å². The van der Waals surface area contributed by atoms with E-state index in [1.807, 2.05) is 0 Å². The molecule has 0 atom stereocenters. The van der Waals surface area contributed by atoms with Gasteiger partial charge < -0.3 is 9.30 Å². The van der Waals surface area contributed by atoms with Crippen LogP contribution in [0.25, 0.3) is 0 Å². The molecule has 0 aliphatic carbocycles. The van der Waals surface area contributed by atoms with E-state index < -0.39 is 28.6 Å². The van der Waals surface area contributed by atoms with Crippen molar-refractivity contribution in [3.05, 3.63) is 18.0 Å². The fourth-order valence-corrected chi connectivity index (χ4v) is 2.71. The van der Waals surface area contributed by atoms with Crippen LogP contribution in [0.4, 0.5) is 13.2 Å². The Hall–Kier alpha value is -1.55. The molecule has 120 valence electrons. The number of sulfonamides is 1. The summed E-state index contributed by atoms with van der Waals surface area (Å²) in [5.41, 5.74) is 0.0215. The predicted molar refractivity (Wildman–Crippen MR) is 67.2 cm³/mol. The molecule has 6 nitrogen and oxygen atoms in total. The molecule has 0 fully saturated rings. The van der Waals surface area contributed by atoms with Crippen molar-refractivity contribution in [2.75, 3.05) is 13.7 Å². The molecule has 1 rings (SSSR count). The smallest absolute Gasteiger partial charge is 0.389 e. The summed E-state index contributed by atoms with van der Waals surface area (Å²) in [6, 6.07) is 1.10. The van der Waals surface area contributed by atoms with Gasteiger partial charge in [0.1, 0.15) is 10.6 Å². The van der Waals surface area contributed by atoms with Crippen LogP contribution in [0.15, 0.2) is 17.2 Å². The number of esters is 1. The maximum absolute atomic E-state index is 12.0. The first-order chi connectivity index (χ1) is 9.57. The third-order valence-corrected chi connectivity index (χ3v) is 4.04. The Balaban J connectivity index is 2.73. The lowest BCUT2D eigenvalue weighted by atomic mass is 10.3. The number of carbonyl (C=O) groups is 1. The Labute approximate surface area is 119 Å². The number of methoxy groups -OCH3 is 1. The molecule has 0 bridgehead atoms. The van der Waals surface area contributed by atoms with Gasteiger partial charge in [0.15, 0.2) is 0 Å². The van der Waals surface area contributed by atoms with Crippen molar-refractivity contribution in [3.63, 3.8) is 0 Å². The number of aromatic nitrogens is 1. The van der Waals surface area contributed by atoms with Gasteiger partial charge in [-0.25, -0.2) is 17.9 Å². The molecule has 1 aromatic heterocycles. The van der Waals surface area contributed by atoms with Crippen LogP contribution in [0, 0.1) is 0 Å². The van der Waals surface area contributed by atoms with E-state index in [9.17, 15) is 26.4 Å². The molecule has 1 heterocycles. The summed E-state index contributed by atoms with van der Waals surface area (Å²) >= 11 is 0. The van der Waals surface area contributed by atoms with Crippen LogP contribution in [-0.4, -0.2) is 38.8 Å². The normalized spacial score (nSPS) is 12.4. The molecule has 1 N–H and O–H groups in total. The second-order valence-electron chi connectivity index (χ2n) is 4.28. The van der Waals surface area contributed by atoms with Gasteiger partial charge in [-0.1, -0.05) is 0 Å². The molecule has 1 aromatic rings. The Kier molecular flexibility index (Phi) is 5.40. The maximum Gasteiger partial charge on any atom is 0.389 e. The summed E-state index contributed by atoms with van der Waals surface area (Å²) in [6.45, 7) is -0.343. The van der Waals surface area contributed by atoms with Crippen molar-refractivity contribution in [1.82, 2.24) is 9.29 Å². The zero-order valence-electron chi connectivity index (χ0n) is 11.4. The zero-order chi connectivity index (χ0) is 16.3. The Bertz CT molecular complexity index is 607. The lowest BCUT2D eigenvalue weighted by Gasteiger charge is -2.07. The largest absolute Gasteiger partial charge is 0.464 e. The van der Waals surface area contributed by atoms with Crippen LogP contribution in [0.2, 0.25) is 0 Å². The summed E-state index contributed by atoms with van der Waals surface area (Å²) in [6.07, 6.45) is -4.58. The number of carbonyl (C=O) groups excluding carboxylic acids is 1. The molecule has 0 unspecified atom stereocenters. The summed E-state index contributed by atoms with van der Waals surface area (Å²) in [5.74, 6) is -0.712. The number of alkyl halides is 3. The highest BCUT2D eigenvalue weighted by molar-refractivity contribution is 7.89. The highest BCUT2D eigenvalue weighted by Gasteiger charge is 2.27. The number of rotatable bonds is 6. The quantitative estimate of drug-likeness (QED) is 0.633. The molecule has 21 heavy (non-hydrogen) atoms. The van der Waals surface area contributed by atoms with Crippen LogP contribution < -0.4 is 4.72 Å². The second kappa shape index (κ2) is 6.48. The first kappa shape index (κ1) is 17.5. The molecule has 0 radical (unpaired) electrons. The van der Waals surface area contributed by atoms with Gasteiger partial charge in [0, 0.05) is 26.2 Å². The van der Waals surface area contributed by atoms with E-state index in [2.05, 4.69) is 9.46 Å². The fourth-order valence-electron chi connectivity index (χ4n) is 1.57. The summed E-state index contributed by atoms with van der Waals surface area (Å²) in [5, 5.41) is 0. The van der Waals surface area contributed by atoms with Gasteiger partial charge in [-0.3, -0.25) is 0 Å². The lowest BCUT2D eigenvalue weighted by molar-refractivity contribution is -0.135. The SMILES string of the molecule is COC(=O)c1cc(S(=O)(=O)NCCCC(F)(F)F)cn1C. The molecule has 10 heteroatoms. The second-order valence-corrected chi connectivity index (χ2v) is 6.05. The lowest BCUT2D eigenvalue weighted by Crippen LogP contribution is -2.25. The highest BCUT2D eigenvalue weighted by Crippen LogP contribution is 2.21. The van der Waals surface area contributed by atoms with E-state index in [1.54, 1.807) is 0 Å². The van der Waals surface area contributed by atoms with Gasteiger partial charge in [0.05, 0.1) is 7.11 Å². The monoisotopic (exact) mass is 328 g/mol. The van der Waals surface area contributed by atoms with Crippen molar-refractivity contribution < 1.29 is 31.1 Å². The van der Waals surface area contributed by atoms with E-state index in [0.29, 0.717) is 0 Å². The first-order valence-electron chi connectivity index (χ1n) is 5.88. The predicted octanol–water partition coefficient (Wildman–Crippen LogP) is 1.43. The minimum atomic E-state index is -4.32. The van der Waals surface area contributed by atoms with E-state index in [1.165, 1.54) is 17.8 Å². The maximum atomic E-state index is 12.0. The van der Waals surface area contributed by atoms with Crippen LogP contribution in [0.1, 0.15) is 23.3 Å². The van der Waals surface area contributed by atoms with Crippen LogP contribution in [0.5, 0.6) is 0 Å². The first-order valence-corrected chi connectivity index (χ1v) is 7.36. The number of nitrogens with one attached hydrogen (secondary N) is 1. The van der Waals surface area contributed by atoms with Gasteiger partial charge >= 0.3 is 12.1 Å². The number of halogens is 3.